The lowest BCUT2D eigenvalue weighted by molar-refractivity contribution is -0.148. The van der Waals surface area contributed by atoms with Gasteiger partial charge in [-0.25, -0.2) is 9.59 Å². The van der Waals surface area contributed by atoms with Crippen molar-refractivity contribution in [3.63, 3.8) is 0 Å². The van der Waals surface area contributed by atoms with Gasteiger partial charge in [0.05, 0.1) is 11.7 Å². The average molecular weight is 437 g/mol. The number of hydrogen-bond donors (Lipinski definition) is 2. The number of benzene rings is 2. The van der Waals surface area contributed by atoms with Crippen molar-refractivity contribution in [1.29, 1.82) is 0 Å². The molecule has 0 amide bonds. The molecule has 32 heavy (non-hydrogen) atoms. The fourth-order valence-electron chi connectivity index (χ4n) is 4.67. The minimum Gasteiger partial charge on any atom is -0.460 e. The quantitative estimate of drug-likeness (QED) is 0.534. The Labute approximate surface area is 187 Å². The van der Waals surface area contributed by atoms with Crippen LogP contribution in [0.2, 0.25) is 0 Å². The van der Waals surface area contributed by atoms with Crippen LogP contribution in [0.5, 0.6) is 0 Å². The Kier molecular flexibility index (Phi) is 6.44. The Hall–Kier alpha value is -2.96. The molecule has 7 atom stereocenters. The Balaban J connectivity index is 1.53. The molecule has 1 saturated heterocycles. The second-order valence-corrected chi connectivity index (χ2v) is 8.70. The molecule has 0 spiro atoms. The first kappa shape index (κ1) is 22.2. The lowest BCUT2D eigenvalue weighted by atomic mass is 9.88. The third kappa shape index (κ3) is 4.47. The van der Waals surface area contributed by atoms with Crippen LogP contribution < -0.4 is 0 Å². The minimum absolute atomic E-state index is 0.153. The zero-order valence-corrected chi connectivity index (χ0v) is 18.1. The van der Waals surface area contributed by atoms with Crippen LogP contribution in [0.4, 0.5) is 0 Å². The molecular weight excluding hydrogens is 408 g/mol. The van der Waals surface area contributed by atoms with E-state index in [1.54, 1.807) is 36.4 Å². The molecule has 2 N–H and O–H groups in total. The Morgan fingerprint density at radius 2 is 1.94 bits per heavy atom. The van der Waals surface area contributed by atoms with Crippen molar-refractivity contribution in [3.05, 3.63) is 83.4 Å². The normalized spacial score (nSPS) is 28.9. The number of fused-ring (bicyclic) bond motifs is 1. The van der Waals surface area contributed by atoms with E-state index >= 15 is 0 Å². The van der Waals surface area contributed by atoms with Gasteiger partial charge in [0.15, 0.2) is 6.10 Å². The van der Waals surface area contributed by atoms with Crippen molar-refractivity contribution in [1.82, 2.24) is 0 Å². The van der Waals surface area contributed by atoms with E-state index in [4.69, 9.17) is 9.47 Å². The van der Waals surface area contributed by atoms with Crippen molar-refractivity contribution < 1.29 is 29.3 Å². The summed E-state index contributed by atoms with van der Waals surface area (Å²) >= 11 is 0. The molecular formula is C26H28O6. The zero-order valence-electron chi connectivity index (χ0n) is 18.1. The van der Waals surface area contributed by atoms with Gasteiger partial charge in [-0.1, -0.05) is 67.1 Å². The standard InChI is InChI=1S/C26H28O6/c1-15-7-6-10-18(13-15)16(2)20(27)12-11-19-21(14-22-23(19)24(28)26(30)32-22)31-25(29)17-8-4-3-5-9-17/h3-13,16,19-24,27-28H,14H2,1-2H3/t16-,19+,20-,21-,22+,23-,24?/m1/s1. The van der Waals surface area contributed by atoms with E-state index < -0.39 is 48.2 Å². The lowest BCUT2D eigenvalue weighted by Gasteiger charge is -2.23. The van der Waals surface area contributed by atoms with E-state index in [0.717, 1.165) is 11.1 Å². The van der Waals surface area contributed by atoms with E-state index in [-0.39, 0.29) is 5.92 Å². The monoisotopic (exact) mass is 436 g/mol. The van der Waals surface area contributed by atoms with Crippen molar-refractivity contribution in [3.8, 4) is 0 Å². The van der Waals surface area contributed by atoms with Crippen LogP contribution in [0, 0.1) is 18.8 Å². The summed E-state index contributed by atoms with van der Waals surface area (Å²) in [5, 5.41) is 21.2. The molecule has 0 aromatic heterocycles. The smallest absolute Gasteiger partial charge is 0.338 e. The topological polar surface area (TPSA) is 93.1 Å². The molecule has 2 aromatic rings. The molecule has 0 bridgehead atoms. The fraction of sp³-hybridized carbons (Fsp3) is 0.385. The van der Waals surface area contributed by atoms with Crippen LogP contribution >= 0.6 is 0 Å². The number of hydrogen-bond acceptors (Lipinski definition) is 6. The summed E-state index contributed by atoms with van der Waals surface area (Å²) in [7, 11) is 0. The van der Waals surface area contributed by atoms with Crippen molar-refractivity contribution in [2.24, 2.45) is 11.8 Å². The highest BCUT2D eigenvalue weighted by molar-refractivity contribution is 5.89. The molecule has 1 unspecified atom stereocenters. The van der Waals surface area contributed by atoms with E-state index in [0.29, 0.717) is 12.0 Å². The molecule has 168 valence electrons. The summed E-state index contributed by atoms with van der Waals surface area (Å²) in [6, 6.07) is 16.6. The average Bonchev–Trinajstić information content (AvgIpc) is 3.26. The largest absolute Gasteiger partial charge is 0.460 e. The van der Waals surface area contributed by atoms with Crippen molar-refractivity contribution >= 4 is 11.9 Å². The first-order valence-electron chi connectivity index (χ1n) is 10.9. The maximum atomic E-state index is 12.6. The van der Waals surface area contributed by atoms with Crippen LogP contribution in [-0.4, -0.2) is 46.6 Å². The molecule has 2 fully saturated rings. The van der Waals surface area contributed by atoms with Gasteiger partial charge < -0.3 is 19.7 Å². The molecule has 1 aliphatic carbocycles. The SMILES string of the molecule is Cc1cccc([C@@H](C)[C@H](O)C=C[C@@H]2[C@H]3C(O)C(=O)O[C@H]3C[C@H]2OC(=O)c2ccccc2)c1. The van der Waals surface area contributed by atoms with Gasteiger partial charge in [-0.2, -0.15) is 0 Å². The Morgan fingerprint density at radius 1 is 1.19 bits per heavy atom. The predicted molar refractivity (Wildman–Crippen MR) is 118 cm³/mol. The first-order valence-corrected chi connectivity index (χ1v) is 10.9. The maximum Gasteiger partial charge on any atom is 0.338 e. The number of rotatable bonds is 6. The Morgan fingerprint density at radius 3 is 2.66 bits per heavy atom. The predicted octanol–water partition coefficient (Wildman–Crippen LogP) is 3.16. The molecule has 1 aliphatic heterocycles. The second-order valence-electron chi connectivity index (χ2n) is 8.70. The van der Waals surface area contributed by atoms with E-state index in [2.05, 4.69) is 0 Å². The van der Waals surface area contributed by atoms with Gasteiger partial charge in [-0.15, -0.1) is 0 Å². The number of aliphatic hydroxyl groups excluding tert-OH is 2. The zero-order chi connectivity index (χ0) is 22.8. The van der Waals surface area contributed by atoms with E-state index in [1.807, 2.05) is 44.2 Å². The van der Waals surface area contributed by atoms with Crippen LogP contribution in [0.3, 0.4) is 0 Å². The van der Waals surface area contributed by atoms with Crippen molar-refractivity contribution in [2.45, 2.75) is 50.6 Å². The number of carbonyl (C=O) groups is 2. The van der Waals surface area contributed by atoms with Gasteiger partial charge in [-0.05, 0) is 24.6 Å². The minimum atomic E-state index is -1.28. The van der Waals surface area contributed by atoms with Gasteiger partial charge in [-0.3, -0.25) is 0 Å². The molecule has 1 heterocycles. The van der Waals surface area contributed by atoms with Gasteiger partial charge in [0, 0.05) is 24.2 Å². The van der Waals surface area contributed by atoms with Crippen LogP contribution in [0.25, 0.3) is 0 Å². The molecule has 2 aromatic carbocycles. The van der Waals surface area contributed by atoms with E-state index in [1.165, 1.54) is 0 Å². The molecule has 4 rings (SSSR count). The summed E-state index contributed by atoms with van der Waals surface area (Å²) in [6.45, 7) is 3.94. The highest BCUT2D eigenvalue weighted by Crippen LogP contribution is 2.44. The second kappa shape index (κ2) is 9.27. The molecule has 1 saturated carbocycles. The number of esters is 2. The fourth-order valence-corrected chi connectivity index (χ4v) is 4.67. The third-order valence-electron chi connectivity index (χ3n) is 6.52. The highest BCUT2D eigenvalue weighted by Gasteiger charge is 2.56. The van der Waals surface area contributed by atoms with Gasteiger partial charge in [0.2, 0.25) is 0 Å². The Bertz CT molecular complexity index is 1000. The molecule has 0 radical (unpaired) electrons. The summed E-state index contributed by atoms with van der Waals surface area (Å²) in [4.78, 5) is 24.5. The highest BCUT2D eigenvalue weighted by atomic mass is 16.6. The van der Waals surface area contributed by atoms with Crippen LogP contribution in [0.15, 0.2) is 66.7 Å². The summed E-state index contributed by atoms with van der Waals surface area (Å²) in [6.07, 6.45) is 0.586. The summed E-state index contributed by atoms with van der Waals surface area (Å²) in [5.41, 5.74) is 2.55. The van der Waals surface area contributed by atoms with Gasteiger partial charge >= 0.3 is 11.9 Å². The summed E-state index contributed by atoms with van der Waals surface area (Å²) < 4.78 is 11.1. The summed E-state index contributed by atoms with van der Waals surface area (Å²) in [5.74, 6) is -2.24. The molecule has 6 nitrogen and oxygen atoms in total. The van der Waals surface area contributed by atoms with Crippen LogP contribution in [0.1, 0.15) is 40.7 Å². The van der Waals surface area contributed by atoms with Gasteiger partial charge in [0.1, 0.15) is 12.2 Å². The maximum absolute atomic E-state index is 12.6. The third-order valence-corrected chi connectivity index (χ3v) is 6.52. The number of carbonyl (C=O) groups excluding carboxylic acids is 2. The number of aryl methyl sites for hydroxylation is 1. The van der Waals surface area contributed by atoms with Gasteiger partial charge in [0.25, 0.3) is 0 Å². The van der Waals surface area contributed by atoms with Crippen LogP contribution in [-0.2, 0) is 14.3 Å². The van der Waals surface area contributed by atoms with Crippen molar-refractivity contribution in [2.75, 3.05) is 0 Å². The van der Waals surface area contributed by atoms with E-state index in [9.17, 15) is 19.8 Å². The molecule has 6 heteroatoms. The number of ether oxygens (including phenoxy) is 2. The molecule has 2 aliphatic rings. The first-order chi connectivity index (χ1) is 15.3. The number of aliphatic hydroxyl groups is 2. The lowest BCUT2D eigenvalue weighted by Crippen LogP contribution is -2.32.